The topological polar surface area (TPSA) is 88.3 Å². The number of halogens is 4. The molecule has 1 aromatic heterocycles. The van der Waals surface area contributed by atoms with Crippen molar-refractivity contribution in [3.8, 4) is 11.4 Å². The molecule has 1 aromatic carbocycles. The highest BCUT2D eigenvalue weighted by molar-refractivity contribution is 5.85. The Labute approximate surface area is 141 Å². The first kappa shape index (κ1) is 19.9. The number of carboxylic acid groups (broad SMARTS) is 1. The van der Waals surface area contributed by atoms with Crippen molar-refractivity contribution in [2.75, 3.05) is 0 Å². The first-order valence-corrected chi connectivity index (χ1v) is 6.86. The molecule has 24 heavy (non-hydrogen) atoms. The second kappa shape index (κ2) is 8.65. The standard InChI is InChI=1S/C14H14F3N3O3.ClH/c1-2-3-10(14(21)22)18-6-11-19-13(20-23-11)7-4-8(15)12(17)9(16)5-7;/h4-5,10,18H,2-3,6H2,1H3,(H,21,22);1H. The summed E-state index contributed by atoms with van der Waals surface area (Å²) in [4.78, 5) is 14.9. The number of aliphatic carboxylic acids is 1. The van der Waals surface area contributed by atoms with E-state index in [-0.39, 0.29) is 36.2 Å². The van der Waals surface area contributed by atoms with Crippen molar-refractivity contribution in [3.63, 3.8) is 0 Å². The van der Waals surface area contributed by atoms with Crippen molar-refractivity contribution in [1.29, 1.82) is 0 Å². The van der Waals surface area contributed by atoms with E-state index in [4.69, 9.17) is 9.63 Å². The number of carboxylic acids is 1. The highest BCUT2D eigenvalue weighted by atomic mass is 35.5. The maximum atomic E-state index is 13.2. The lowest BCUT2D eigenvalue weighted by Gasteiger charge is -2.11. The molecule has 0 saturated carbocycles. The van der Waals surface area contributed by atoms with Gasteiger partial charge in [-0.1, -0.05) is 18.5 Å². The number of benzene rings is 1. The molecule has 132 valence electrons. The van der Waals surface area contributed by atoms with Crippen LogP contribution in [0, 0.1) is 17.5 Å². The Morgan fingerprint density at radius 2 is 1.96 bits per heavy atom. The zero-order chi connectivity index (χ0) is 17.0. The SMILES string of the molecule is CCCC(NCc1nc(-c2cc(F)c(F)c(F)c2)no1)C(=O)O.Cl. The molecule has 1 atom stereocenters. The lowest BCUT2D eigenvalue weighted by Crippen LogP contribution is -2.36. The fourth-order valence-corrected chi connectivity index (χ4v) is 1.94. The van der Waals surface area contributed by atoms with E-state index in [2.05, 4.69) is 15.5 Å². The molecule has 0 radical (unpaired) electrons. The van der Waals surface area contributed by atoms with Crippen LogP contribution in [0.5, 0.6) is 0 Å². The van der Waals surface area contributed by atoms with E-state index >= 15 is 0 Å². The van der Waals surface area contributed by atoms with Crippen molar-refractivity contribution in [1.82, 2.24) is 15.5 Å². The molecule has 10 heteroatoms. The molecule has 0 aliphatic rings. The van der Waals surface area contributed by atoms with E-state index in [9.17, 15) is 18.0 Å². The van der Waals surface area contributed by atoms with Gasteiger partial charge in [0, 0.05) is 5.56 Å². The lowest BCUT2D eigenvalue weighted by atomic mass is 10.2. The largest absolute Gasteiger partial charge is 0.480 e. The maximum Gasteiger partial charge on any atom is 0.320 e. The van der Waals surface area contributed by atoms with Crippen molar-refractivity contribution in [2.24, 2.45) is 0 Å². The average Bonchev–Trinajstić information content (AvgIpc) is 2.97. The van der Waals surface area contributed by atoms with Crippen LogP contribution in [-0.4, -0.2) is 27.3 Å². The van der Waals surface area contributed by atoms with Gasteiger partial charge in [0.2, 0.25) is 11.7 Å². The van der Waals surface area contributed by atoms with Gasteiger partial charge in [-0.15, -0.1) is 12.4 Å². The van der Waals surface area contributed by atoms with E-state index < -0.39 is 29.5 Å². The lowest BCUT2D eigenvalue weighted by molar-refractivity contribution is -0.139. The van der Waals surface area contributed by atoms with Crippen molar-refractivity contribution >= 4 is 18.4 Å². The fourth-order valence-electron chi connectivity index (χ4n) is 1.94. The molecule has 0 spiro atoms. The van der Waals surface area contributed by atoms with Gasteiger partial charge in [-0.25, -0.2) is 13.2 Å². The third-order valence-electron chi connectivity index (χ3n) is 3.09. The summed E-state index contributed by atoms with van der Waals surface area (Å²) in [5, 5.41) is 15.3. The molecule has 2 aromatic rings. The van der Waals surface area contributed by atoms with Gasteiger partial charge in [0.1, 0.15) is 6.04 Å². The van der Waals surface area contributed by atoms with Crippen molar-refractivity contribution in [2.45, 2.75) is 32.4 Å². The predicted molar refractivity (Wildman–Crippen MR) is 80.0 cm³/mol. The van der Waals surface area contributed by atoms with Gasteiger partial charge in [-0.05, 0) is 18.6 Å². The third-order valence-corrected chi connectivity index (χ3v) is 3.09. The quantitative estimate of drug-likeness (QED) is 0.733. The number of nitrogens with zero attached hydrogens (tertiary/aromatic N) is 2. The Morgan fingerprint density at radius 1 is 1.33 bits per heavy atom. The molecule has 0 fully saturated rings. The maximum absolute atomic E-state index is 13.2. The second-order valence-corrected chi connectivity index (χ2v) is 4.83. The number of carbonyl (C=O) groups is 1. The minimum Gasteiger partial charge on any atom is -0.480 e. The van der Waals surface area contributed by atoms with Crippen LogP contribution in [0.15, 0.2) is 16.7 Å². The van der Waals surface area contributed by atoms with Crippen LogP contribution in [0.25, 0.3) is 11.4 Å². The Kier molecular flexibility index (Phi) is 7.18. The Morgan fingerprint density at radius 3 is 2.50 bits per heavy atom. The van der Waals surface area contributed by atoms with Gasteiger partial charge in [-0.2, -0.15) is 4.98 Å². The number of hydrogen-bond acceptors (Lipinski definition) is 5. The third kappa shape index (κ3) is 4.68. The number of aromatic nitrogens is 2. The molecule has 1 unspecified atom stereocenters. The monoisotopic (exact) mass is 365 g/mol. The fraction of sp³-hybridized carbons (Fsp3) is 0.357. The first-order chi connectivity index (χ1) is 10.9. The minimum absolute atomic E-state index is 0. The van der Waals surface area contributed by atoms with E-state index in [1.165, 1.54) is 0 Å². The summed E-state index contributed by atoms with van der Waals surface area (Å²) in [6.07, 6.45) is 1.10. The van der Waals surface area contributed by atoms with Gasteiger partial charge in [-0.3, -0.25) is 10.1 Å². The first-order valence-electron chi connectivity index (χ1n) is 6.86. The van der Waals surface area contributed by atoms with Crippen LogP contribution >= 0.6 is 12.4 Å². The zero-order valence-corrected chi connectivity index (χ0v) is 13.4. The summed E-state index contributed by atoms with van der Waals surface area (Å²) in [6.45, 7) is 1.83. The number of rotatable bonds is 7. The smallest absolute Gasteiger partial charge is 0.320 e. The van der Waals surface area contributed by atoms with Crippen LogP contribution in [0.3, 0.4) is 0 Å². The van der Waals surface area contributed by atoms with Gasteiger partial charge in [0.05, 0.1) is 6.54 Å². The zero-order valence-electron chi connectivity index (χ0n) is 12.6. The molecule has 0 bridgehead atoms. The second-order valence-electron chi connectivity index (χ2n) is 4.83. The number of hydrogen-bond donors (Lipinski definition) is 2. The van der Waals surface area contributed by atoms with Crippen LogP contribution in [0.1, 0.15) is 25.7 Å². The predicted octanol–water partition coefficient (Wildman–Crippen LogP) is 2.92. The normalized spacial score (nSPS) is 11.8. The molecule has 0 aliphatic carbocycles. The van der Waals surface area contributed by atoms with Gasteiger partial charge in [0.15, 0.2) is 17.5 Å². The Bertz CT molecular complexity index is 689. The van der Waals surface area contributed by atoms with Gasteiger partial charge >= 0.3 is 5.97 Å². The summed E-state index contributed by atoms with van der Waals surface area (Å²) in [6, 6.07) is 0.728. The van der Waals surface area contributed by atoms with E-state index in [0.29, 0.717) is 12.8 Å². The molecule has 0 amide bonds. The Balaban J connectivity index is 0.00000288. The molecular formula is C14H15ClF3N3O3. The summed E-state index contributed by atoms with van der Waals surface area (Å²) < 4.78 is 44.2. The van der Waals surface area contributed by atoms with E-state index in [1.807, 2.05) is 6.92 Å². The van der Waals surface area contributed by atoms with Crippen LogP contribution in [-0.2, 0) is 11.3 Å². The summed E-state index contributed by atoms with van der Waals surface area (Å²) in [5.41, 5.74) is -0.0836. The Hall–Kier alpha value is -2.13. The summed E-state index contributed by atoms with van der Waals surface area (Å²) in [7, 11) is 0. The van der Waals surface area contributed by atoms with Crippen LogP contribution in [0.2, 0.25) is 0 Å². The number of nitrogens with one attached hydrogen (secondary N) is 1. The van der Waals surface area contributed by atoms with Crippen LogP contribution in [0.4, 0.5) is 13.2 Å². The molecule has 6 nitrogen and oxygen atoms in total. The molecule has 2 N–H and O–H groups in total. The van der Waals surface area contributed by atoms with E-state index in [0.717, 1.165) is 12.1 Å². The molecule has 2 rings (SSSR count). The van der Waals surface area contributed by atoms with Crippen LogP contribution < -0.4 is 5.32 Å². The highest BCUT2D eigenvalue weighted by Crippen LogP contribution is 2.21. The average molecular weight is 366 g/mol. The van der Waals surface area contributed by atoms with Crippen molar-refractivity contribution in [3.05, 3.63) is 35.5 Å². The highest BCUT2D eigenvalue weighted by Gasteiger charge is 2.18. The molecule has 0 aliphatic heterocycles. The molecular weight excluding hydrogens is 351 g/mol. The van der Waals surface area contributed by atoms with Gasteiger partial charge < -0.3 is 9.63 Å². The van der Waals surface area contributed by atoms with E-state index in [1.54, 1.807) is 0 Å². The van der Waals surface area contributed by atoms with Crippen molar-refractivity contribution < 1.29 is 27.6 Å². The molecule has 0 saturated heterocycles. The molecule has 1 heterocycles. The summed E-state index contributed by atoms with van der Waals surface area (Å²) >= 11 is 0. The van der Waals surface area contributed by atoms with Gasteiger partial charge in [0.25, 0.3) is 0 Å². The minimum atomic E-state index is -1.58. The summed E-state index contributed by atoms with van der Waals surface area (Å²) in [5.74, 6) is -5.39.